The molecule has 1 atom stereocenters. The Kier molecular flexibility index (Phi) is 5.71. The van der Waals surface area contributed by atoms with Crippen LogP contribution >= 0.6 is 11.6 Å². The van der Waals surface area contributed by atoms with Gasteiger partial charge in [0.05, 0.1) is 0 Å². The van der Waals surface area contributed by atoms with Gasteiger partial charge in [0.2, 0.25) is 11.8 Å². The number of hydrogen-bond acceptors (Lipinski definition) is 3. The fourth-order valence-electron chi connectivity index (χ4n) is 3.24. The molecule has 142 valence electrons. The summed E-state index contributed by atoms with van der Waals surface area (Å²) in [5, 5.41) is 6.71. The molecule has 27 heavy (non-hydrogen) atoms. The van der Waals surface area contributed by atoms with E-state index in [1.807, 2.05) is 49.9 Å². The Bertz CT molecular complexity index is 882. The normalized spacial score (nSPS) is 15.0. The number of carbonyl (C=O) groups is 2. The molecule has 1 saturated heterocycles. The molecule has 0 aliphatic carbocycles. The molecule has 2 amide bonds. The summed E-state index contributed by atoms with van der Waals surface area (Å²) >= 11 is 6.01. The first kappa shape index (κ1) is 19.2. The fourth-order valence-corrected chi connectivity index (χ4v) is 3.41. The molecule has 6 heteroatoms. The average molecular weight is 386 g/mol. The van der Waals surface area contributed by atoms with Crippen molar-refractivity contribution in [2.45, 2.75) is 39.7 Å². The second-order valence-corrected chi connectivity index (χ2v) is 7.40. The van der Waals surface area contributed by atoms with Crippen molar-refractivity contribution in [2.24, 2.45) is 0 Å². The van der Waals surface area contributed by atoms with Crippen molar-refractivity contribution in [2.75, 3.05) is 22.1 Å². The lowest BCUT2D eigenvalue weighted by Crippen LogP contribution is -2.32. The summed E-state index contributed by atoms with van der Waals surface area (Å²) in [5.41, 5.74) is 4.45. The monoisotopic (exact) mass is 385 g/mol. The summed E-state index contributed by atoms with van der Waals surface area (Å²) in [5.74, 6) is 0.0280. The third kappa shape index (κ3) is 4.42. The first-order valence-corrected chi connectivity index (χ1v) is 9.47. The van der Waals surface area contributed by atoms with Crippen LogP contribution in [0.3, 0.4) is 0 Å². The van der Waals surface area contributed by atoms with Gasteiger partial charge in [-0.25, -0.2) is 0 Å². The number of anilines is 3. The molecule has 1 aliphatic rings. The molecule has 0 unspecified atom stereocenters. The van der Waals surface area contributed by atoms with Gasteiger partial charge in [0.1, 0.15) is 6.04 Å². The molecule has 5 nitrogen and oxygen atoms in total. The van der Waals surface area contributed by atoms with Gasteiger partial charge in [0.15, 0.2) is 0 Å². The van der Waals surface area contributed by atoms with Crippen LogP contribution in [0.2, 0.25) is 5.02 Å². The van der Waals surface area contributed by atoms with Crippen LogP contribution in [0.5, 0.6) is 0 Å². The van der Waals surface area contributed by atoms with Gasteiger partial charge < -0.3 is 15.5 Å². The molecule has 0 saturated carbocycles. The first-order valence-electron chi connectivity index (χ1n) is 9.09. The predicted molar refractivity (Wildman–Crippen MR) is 111 cm³/mol. The van der Waals surface area contributed by atoms with Gasteiger partial charge >= 0.3 is 0 Å². The summed E-state index contributed by atoms with van der Waals surface area (Å²) < 4.78 is 0. The van der Waals surface area contributed by atoms with E-state index in [-0.39, 0.29) is 11.8 Å². The number of nitrogens with one attached hydrogen (secondary N) is 2. The second kappa shape index (κ2) is 8.01. The number of benzene rings is 2. The van der Waals surface area contributed by atoms with Crippen LogP contribution < -0.4 is 15.5 Å². The lowest BCUT2D eigenvalue weighted by atomic mass is 10.1. The van der Waals surface area contributed by atoms with Crippen molar-refractivity contribution < 1.29 is 9.59 Å². The number of aryl methyl sites for hydroxylation is 2. The van der Waals surface area contributed by atoms with Crippen LogP contribution in [0.4, 0.5) is 17.1 Å². The Balaban J connectivity index is 1.67. The molecule has 3 rings (SSSR count). The second-order valence-electron chi connectivity index (χ2n) is 6.96. The van der Waals surface area contributed by atoms with E-state index in [1.54, 1.807) is 12.1 Å². The Morgan fingerprint density at radius 2 is 1.93 bits per heavy atom. The zero-order chi connectivity index (χ0) is 19.6. The van der Waals surface area contributed by atoms with Gasteiger partial charge in [0, 0.05) is 35.1 Å². The van der Waals surface area contributed by atoms with Gasteiger partial charge in [0.25, 0.3) is 0 Å². The molecule has 2 N–H and O–H groups in total. The smallest absolute Gasteiger partial charge is 0.246 e. The maximum absolute atomic E-state index is 12.5. The van der Waals surface area contributed by atoms with Crippen LogP contribution in [0.25, 0.3) is 0 Å². The Hall–Kier alpha value is -2.53. The quantitative estimate of drug-likeness (QED) is 0.795. The standard InChI is InChI=1S/C21H24ClN3O2/c1-13-6-7-16(22)12-18(13)24-21(27)15(3)23-17-8-9-19(14(2)11-17)25-10-4-5-20(25)26/h6-9,11-12,15,23H,4-5,10H2,1-3H3,(H,24,27)/t15-/m1/s1. The minimum Gasteiger partial charge on any atom is -0.374 e. The molecular weight excluding hydrogens is 362 g/mol. The van der Waals surface area contributed by atoms with Gasteiger partial charge in [-0.1, -0.05) is 17.7 Å². The van der Waals surface area contributed by atoms with E-state index in [0.29, 0.717) is 17.1 Å². The van der Waals surface area contributed by atoms with E-state index in [2.05, 4.69) is 10.6 Å². The predicted octanol–water partition coefficient (Wildman–Crippen LogP) is 4.52. The Labute approximate surface area is 164 Å². The van der Waals surface area contributed by atoms with E-state index in [4.69, 9.17) is 11.6 Å². The van der Waals surface area contributed by atoms with Gasteiger partial charge in [-0.2, -0.15) is 0 Å². The van der Waals surface area contributed by atoms with Crippen molar-refractivity contribution in [1.29, 1.82) is 0 Å². The molecule has 2 aromatic carbocycles. The highest BCUT2D eigenvalue weighted by Crippen LogP contribution is 2.28. The molecular formula is C21H24ClN3O2. The summed E-state index contributed by atoms with van der Waals surface area (Å²) in [4.78, 5) is 26.3. The number of carbonyl (C=O) groups excluding carboxylic acids is 2. The van der Waals surface area contributed by atoms with E-state index < -0.39 is 6.04 Å². The maximum Gasteiger partial charge on any atom is 0.246 e. The van der Waals surface area contributed by atoms with Crippen LogP contribution in [0.15, 0.2) is 36.4 Å². The van der Waals surface area contributed by atoms with Crippen molar-refractivity contribution in [1.82, 2.24) is 0 Å². The summed E-state index contributed by atoms with van der Waals surface area (Å²) in [7, 11) is 0. The molecule has 1 aliphatic heterocycles. The number of amides is 2. The topological polar surface area (TPSA) is 61.4 Å². The largest absolute Gasteiger partial charge is 0.374 e. The SMILES string of the molecule is Cc1ccc(Cl)cc1NC(=O)[C@@H](C)Nc1ccc(N2CCCC2=O)c(C)c1. The fraction of sp³-hybridized carbons (Fsp3) is 0.333. The van der Waals surface area contributed by atoms with Crippen molar-refractivity contribution >= 4 is 40.5 Å². The van der Waals surface area contributed by atoms with Gasteiger partial charge in [-0.05, 0) is 68.7 Å². The van der Waals surface area contributed by atoms with Gasteiger partial charge in [-0.3, -0.25) is 9.59 Å². The highest BCUT2D eigenvalue weighted by molar-refractivity contribution is 6.31. The number of hydrogen-bond donors (Lipinski definition) is 2. The number of halogens is 1. The Morgan fingerprint density at radius 1 is 1.15 bits per heavy atom. The maximum atomic E-state index is 12.5. The van der Waals surface area contributed by atoms with Crippen LogP contribution in [-0.4, -0.2) is 24.4 Å². The number of nitrogens with zero attached hydrogens (tertiary/aromatic N) is 1. The summed E-state index contributed by atoms with van der Waals surface area (Å²) in [6.07, 6.45) is 1.51. The third-order valence-corrected chi connectivity index (χ3v) is 5.03. The van der Waals surface area contributed by atoms with Crippen molar-refractivity contribution in [3.05, 3.63) is 52.5 Å². The molecule has 1 heterocycles. The minimum absolute atomic E-state index is 0.142. The number of rotatable bonds is 5. The van der Waals surface area contributed by atoms with E-state index in [1.165, 1.54) is 0 Å². The first-order chi connectivity index (χ1) is 12.8. The molecule has 0 aromatic heterocycles. The lowest BCUT2D eigenvalue weighted by molar-refractivity contribution is -0.117. The molecule has 0 spiro atoms. The average Bonchev–Trinajstić information content (AvgIpc) is 3.04. The van der Waals surface area contributed by atoms with E-state index >= 15 is 0 Å². The summed E-state index contributed by atoms with van der Waals surface area (Å²) in [6.45, 7) is 6.48. The zero-order valence-electron chi connectivity index (χ0n) is 15.8. The van der Waals surface area contributed by atoms with Crippen LogP contribution in [-0.2, 0) is 9.59 Å². The minimum atomic E-state index is -0.429. The molecule has 1 fully saturated rings. The van der Waals surface area contributed by atoms with Gasteiger partial charge in [-0.15, -0.1) is 0 Å². The molecule has 0 radical (unpaired) electrons. The van der Waals surface area contributed by atoms with Crippen LogP contribution in [0, 0.1) is 13.8 Å². The molecule has 2 aromatic rings. The highest BCUT2D eigenvalue weighted by atomic mass is 35.5. The molecule has 0 bridgehead atoms. The van der Waals surface area contributed by atoms with Crippen LogP contribution in [0.1, 0.15) is 30.9 Å². The van der Waals surface area contributed by atoms with E-state index in [9.17, 15) is 9.59 Å². The van der Waals surface area contributed by atoms with Crippen molar-refractivity contribution in [3.63, 3.8) is 0 Å². The van der Waals surface area contributed by atoms with Crippen molar-refractivity contribution in [3.8, 4) is 0 Å². The van der Waals surface area contributed by atoms with E-state index in [0.717, 1.165) is 35.5 Å². The zero-order valence-corrected chi connectivity index (χ0v) is 16.6. The highest BCUT2D eigenvalue weighted by Gasteiger charge is 2.23. The Morgan fingerprint density at radius 3 is 2.59 bits per heavy atom. The summed E-state index contributed by atoms with van der Waals surface area (Å²) in [6, 6.07) is 10.8. The lowest BCUT2D eigenvalue weighted by Gasteiger charge is -2.21. The third-order valence-electron chi connectivity index (χ3n) is 4.79.